The lowest BCUT2D eigenvalue weighted by Crippen LogP contribution is -2.34. The quantitative estimate of drug-likeness (QED) is 0.352. The molecule has 30 heavy (non-hydrogen) atoms. The van der Waals surface area contributed by atoms with Crippen LogP contribution in [0.5, 0.6) is 5.75 Å². The summed E-state index contributed by atoms with van der Waals surface area (Å²) in [7, 11) is 0. The summed E-state index contributed by atoms with van der Waals surface area (Å²) in [4.78, 5) is 24.6. The minimum absolute atomic E-state index is 0.0164. The number of rotatable bonds is 7. The van der Waals surface area contributed by atoms with Crippen molar-refractivity contribution in [3.05, 3.63) is 72.0 Å². The molecular weight excluding hydrogens is 385 g/mol. The first-order valence-corrected chi connectivity index (χ1v) is 9.54. The van der Waals surface area contributed by atoms with Gasteiger partial charge < -0.3 is 10.1 Å². The van der Waals surface area contributed by atoms with Crippen LogP contribution in [0, 0.1) is 11.7 Å². The Labute approximate surface area is 173 Å². The average Bonchev–Trinajstić information content (AvgIpc) is 2.76. The fourth-order valence-electron chi connectivity index (χ4n) is 2.87. The van der Waals surface area contributed by atoms with E-state index in [0.717, 1.165) is 16.3 Å². The molecule has 3 aromatic rings. The summed E-state index contributed by atoms with van der Waals surface area (Å²) in [6.07, 6.45) is 1.49. The highest BCUT2D eigenvalue weighted by atomic mass is 19.1. The third-order valence-corrected chi connectivity index (χ3v) is 4.52. The lowest BCUT2D eigenvalue weighted by molar-refractivity contribution is -0.131. The molecule has 3 rings (SSSR count). The molecule has 1 unspecified atom stereocenters. The van der Waals surface area contributed by atoms with E-state index in [1.54, 1.807) is 6.07 Å². The SMILES string of the molecule is CCOc1ccc2ccccc2c1C=NNC(=O)C(C)C(=O)Nc1ccccc1F. The Morgan fingerprint density at radius 3 is 2.57 bits per heavy atom. The van der Waals surface area contributed by atoms with E-state index in [2.05, 4.69) is 15.8 Å². The number of amides is 2. The number of para-hydroxylation sites is 1. The van der Waals surface area contributed by atoms with Gasteiger partial charge in [-0.05, 0) is 42.8 Å². The predicted octanol–water partition coefficient (Wildman–Crippen LogP) is 4.10. The molecule has 0 aliphatic rings. The number of anilines is 1. The summed E-state index contributed by atoms with van der Waals surface area (Å²) in [5, 5.41) is 8.34. The van der Waals surface area contributed by atoms with Gasteiger partial charge in [0.2, 0.25) is 5.91 Å². The second-order valence-corrected chi connectivity index (χ2v) is 6.56. The second kappa shape index (κ2) is 9.65. The Morgan fingerprint density at radius 2 is 1.80 bits per heavy atom. The topological polar surface area (TPSA) is 79.8 Å². The number of fused-ring (bicyclic) bond motifs is 1. The predicted molar refractivity (Wildman–Crippen MR) is 115 cm³/mol. The molecule has 0 fully saturated rings. The highest BCUT2D eigenvalue weighted by Gasteiger charge is 2.22. The van der Waals surface area contributed by atoms with Crippen LogP contribution in [-0.2, 0) is 9.59 Å². The van der Waals surface area contributed by atoms with Gasteiger partial charge in [0, 0.05) is 5.56 Å². The Hall–Kier alpha value is -3.74. The number of ether oxygens (including phenoxy) is 1. The molecule has 7 heteroatoms. The summed E-state index contributed by atoms with van der Waals surface area (Å²) < 4.78 is 19.3. The largest absolute Gasteiger partial charge is 0.493 e. The molecule has 1 atom stereocenters. The van der Waals surface area contributed by atoms with E-state index in [1.165, 1.54) is 31.3 Å². The highest BCUT2D eigenvalue weighted by molar-refractivity contribution is 6.07. The van der Waals surface area contributed by atoms with Gasteiger partial charge in [-0.25, -0.2) is 9.82 Å². The molecule has 0 saturated carbocycles. The minimum Gasteiger partial charge on any atom is -0.493 e. The molecule has 0 aliphatic heterocycles. The maximum absolute atomic E-state index is 13.7. The Balaban J connectivity index is 1.71. The van der Waals surface area contributed by atoms with Gasteiger partial charge in [0.1, 0.15) is 17.5 Å². The number of carbonyl (C=O) groups excluding carboxylic acids is 2. The molecule has 154 valence electrons. The van der Waals surface area contributed by atoms with Crippen molar-refractivity contribution >= 4 is 34.5 Å². The molecule has 0 heterocycles. The lowest BCUT2D eigenvalue weighted by Gasteiger charge is -2.12. The van der Waals surface area contributed by atoms with E-state index in [1.807, 2.05) is 43.3 Å². The van der Waals surface area contributed by atoms with Crippen molar-refractivity contribution in [2.45, 2.75) is 13.8 Å². The summed E-state index contributed by atoms with van der Waals surface area (Å²) >= 11 is 0. The van der Waals surface area contributed by atoms with Crippen molar-refractivity contribution in [1.29, 1.82) is 0 Å². The van der Waals surface area contributed by atoms with Crippen LogP contribution in [-0.4, -0.2) is 24.6 Å². The molecule has 0 bridgehead atoms. The van der Waals surface area contributed by atoms with Gasteiger partial charge in [0.15, 0.2) is 0 Å². The number of nitrogens with zero attached hydrogens (tertiary/aromatic N) is 1. The van der Waals surface area contributed by atoms with Gasteiger partial charge in [0.25, 0.3) is 5.91 Å². The Morgan fingerprint density at radius 1 is 1.07 bits per heavy atom. The van der Waals surface area contributed by atoms with Crippen molar-refractivity contribution in [2.24, 2.45) is 11.0 Å². The fourth-order valence-corrected chi connectivity index (χ4v) is 2.87. The van der Waals surface area contributed by atoms with Crippen LogP contribution in [0.2, 0.25) is 0 Å². The average molecular weight is 407 g/mol. The van der Waals surface area contributed by atoms with E-state index in [0.29, 0.717) is 12.4 Å². The molecule has 0 saturated heterocycles. The number of nitrogens with one attached hydrogen (secondary N) is 2. The van der Waals surface area contributed by atoms with E-state index >= 15 is 0 Å². The van der Waals surface area contributed by atoms with Crippen LogP contribution < -0.4 is 15.5 Å². The molecule has 0 radical (unpaired) electrons. The number of benzene rings is 3. The van der Waals surface area contributed by atoms with E-state index in [9.17, 15) is 14.0 Å². The lowest BCUT2D eigenvalue weighted by atomic mass is 10.0. The number of carbonyl (C=O) groups is 2. The number of hydrogen-bond acceptors (Lipinski definition) is 4. The first kappa shape index (κ1) is 21.0. The Kier molecular flexibility index (Phi) is 6.75. The first-order chi connectivity index (χ1) is 14.5. The van der Waals surface area contributed by atoms with Crippen LogP contribution in [0.1, 0.15) is 19.4 Å². The van der Waals surface area contributed by atoms with Gasteiger partial charge in [-0.2, -0.15) is 5.10 Å². The molecule has 2 amide bonds. The third-order valence-electron chi connectivity index (χ3n) is 4.52. The highest BCUT2D eigenvalue weighted by Crippen LogP contribution is 2.26. The van der Waals surface area contributed by atoms with Gasteiger partial charge in [-0.15, -0.1) is 0 Å². The summed E-state index contributed by atoms with van der Waals surface area (Å²) in [5.74, 6) is -2.25. The van der Waals surface area contributed by atoms with Crippen LogP contribution in [0.4, 0.5) is 10.1 Å². The maximum atomic E-state index is 13.7. The molecular formula is C23H22FN3O3. The number of hydrazone groups is 1. The normalized spacial score (nSPS) is 12.0. The van der Waals surface area contributed by atoms with Crippen LogP contribution in [0.3, 0.4) is 0 Å². The standard InChI is InChI=1S/C23H22FN3O3/c1-3-30-21-13-12-16-8-4-5-9-17(16)18(21)14-25-27-23(29)15(2)22(28)26-20-11-7-6-10-19(20)24/h4-15H,3H2,1-2H3,(H,26,28)(H,27,29). The molecule has 0 spiro atoms. The minimum atomic E-state index is -1.07. The van der Waals surface area contributed by atoms with Crippen molar-refractivity contribution in [1.82, 2.24) is 5.43 Å². The van der Waals surface area contributed by atoms with Gasteiger partial charge in [0.05, 0.1) is 18.5 Å². The molecule has 0 aliphatic carbocycles. The summed E-state index contributed by atoms with van der Waals surface area (Å²) in [6, 6.07) is 17.3. The summed E-state index contributed by atoms with van der Waals surface area (Å²) in [5.41, 5.74) is 3.10. The zero-order chi connectivity index (χ0) is 21.5. The van der Waals surface area contributed by atoms with Gasteiger partial charge in [-0.3, -0.25) is 9.59 Å². The molecule has 6 nitrogen and oxygen atoms in total. The molecule has 3 aromatic carbocycles. The van der Waals surface area contributed by atoms with Gasteiger partial charge >= 0.3 is 0 Å². The smallest absolute Gasteiger partial charge is 0.252 e. The van der Waals surface area contributed by atoms with Crippen LogP contribution in [0.15, 0.2) is 65.8 Å². The van der Waals surface area contributed by atoms with Gasteiger partial charge in [-0.1, -0.05) is 42.5 Å². The Bertz CT molecular complexity index is 1100. The van der Waals surface area contributed by atoms with Crippen LogP contribution in [0.25, 0.3) is 10.8 Å². The zero-order valence-corrected chi connectivity index (χ0v) is 16.7. The van der Waals surface area contributed by atoms with E-state index in [-0.39, 0.29) is 5.69 Å². The second-order valence-electron chi connectivity index (χ2n) is 6.56. The van der Waals surface area contributed by atoms with Crippen molar-refractivity contribution in [3.63, 3.8) is 0 Å². The van der Waals surface area contributed by atoms with Crippen molar-refractivity contribution in [3.8, 4) is 5.75 Å². The first-order valence-electron chi connectivity index (χ1n) is 9.54. The molecule has 2 N–H and O–H groups in total. The zero-order valence-electron chi connectivity index (χ0n) is 16.7. The number of hydrogen-bond donors (Lipinski definition) is 2. The van der Waals surface area contributed by atoms with E-state index < -0.39 is 23.5 Å². The van der Waals surface area contributed by atoms with Crippen molar-refractivity contribution in [2.75, 3.05) is 11.9 Å². The maximum Gasteiger partial charge on any atom is 0.252 e. The molecule has 0 aromatic heterocycles. The third kappa shape index (κ3) is 4.81. The monoisotopic (exact) mass is 407 g/mol. The number of halogens is 1. The fraction of sp³-hybridized carbons (Fsp3) is 0.174. The van der Waals surface area contributed by atoms with E-state index in [4.69, 9.17) is 4.74 Å². The summed E-state index contributed by atoms with van der Waals surface area (Å²) in [6.45, 7) is 3.79. The van der Waals surface area contributed by atoms with Crippen molar-refractivity contribution < 1.29 is 18.7 Å². The van der Waals surface area contributed by atoms with Crippen LogP contribution >= 0.6 is 0 Å².